The third kappa shape index (κ3) is 5.06. The number of halogens is 1. The summed E-state index contributed by atoms with van der Waals surface area (Å²) in [6.45, 7) is 8.24. The summed E-state index contributed by atoms with van der Waals surface area (Å²) in [5, 5.41) is 2.77. The standard InChI is InChI=1S/C27H28FN3O2/c1-18-14-19(2)25(20(3)15-18)17-30-12-5-13-31(27(30)33)24-10-8-23(9-11-24)29-26(32)21-6-4-7-22(28)16-21/h4,6-11,14-16H,5,12-13,17H2,1-3H3,(H,29,32). The average Bonchev–Trinajstić information content (AvgIpc) is 2.78. The van der Waals surface area contributed by atoms with Crippen LogP contribution in [0.2, 0.25) is 0 Å². The van der Waals surface area contributed by atoms with Crippen molar-refractivity contribution in [1.82, 2.24) is 4.90 Å². The van der Waals surface area contributed by atoms with Crippen LogP contribution in [-0.4, -0.2) is 29.9 Å². The van der Waals surface area contributed by atoms with Crippen LogP contribution in [0.3, 0.4) is 0 Å². The monoisotopic (exact) mass is 445 g/mol. The topological polar surface area (TPSA) is 52.6 Å². The van der Waals surface area contributed by atoms with E-state index in [9.17, 15) is 14.0 Å². The lowest BCUT2D eigenvalue weighted by Crippen LogP contribution is -2.49. The van der Waals surface area contributed by atoms with Crippen molar-refractivity contribution in [2.24, 2.45) is 0 Å². The highest BCUT2D eigenvalue weighted by Gasteiger charge is 2.27. The van der Waals surface area contributed by atoms with Crippen LogP contribution in [0.4, 0.5) is 20.6 Å². The van der Waals surface area contributed by atoms with Gasteiger partial charge in [0.05, 0.1) is 0 Å². The summed E-state index contributed by atoms with van der Waals surface area (Å²) in [7, 11) is 0. The highest BCUT2D eigenvalue weighted by Crippen LogP contribution is 2.25. The molecule has 1 aliphatic rings. The van der Waals surface area contributed by atoms with Crippen LogP contribution in [0.15, 0.2) is 60.7 Å². The molecule has 6 heteroatoms. The number of nitrogens with zero attached hydrogens (tertiary/aromatic N) is 2. The number of carbonyl (C=O) groups excluding carboxylic acids is 2. The Bertz CT molecular complexity index is 1170. The lowest BCUT2D eigenvalue weighted by atomic mass is 9.99. The van der Waals surface area contributed by atoms with E-state index in [1.807, 2.05) is 17.0 Å². The van der Waals surface area contributed by atoms with Gasteiger partial charge in [0.15, 0.2) is 0 Å². The lowest BCUT2D eigenvalue weighted by molar-refractivity contribution is 0.102. The molecule has 1 fully saturated rings. The normalized spacial score (nSPS) is 13.9. The number of aryl methyl sites for hydroxylation is 3. The maximum Gasteiger partial charge on any atom is 0.324 e. The number of benzene rings is 3. The molecule has 0 spiro atoms. The molecule has 1 N–H and O–H groups in total. The van der Waals surface area contributed by atoms with Crippen molar-refractivity contribution in [2.45, 2.75) is 33.7 Å². The molecule has 0 unspecified atom stereocenters. The van der Waals surface area contributed by atoms with E-state index in [1.54, 1.807) is 23.1 Å². The molecular weight excluding hydrogens is 417 g/mol. The van der Waals surface area contributed by atoms with Crippen LogP contribution in [0.25, 0.3) is 0 Å². The number of carbonyl (C=O) groups is 2. The van der Waals surface area contributed by atoms with Crippen molar-refractivity contribution in [1.29, 1.82) is 0 Å². The first kappa shape index (κ1) is 22.5. The zero-order valence-electron chi connectivity index (χ0n) is 19.2. The predicted molar refractivity (Wildman–Crippen MR) is 129 cm³/mol. The molecular formula is C27H28FN3O2. The van der Waals surface area contributed by atoms with E-state index >= 15 is 0 Å². The third-order valence-corrected chi connectivity index (χ3v) is 6.02. The zero-order chi connectivity index (χ0) is 23.5. The van der Waals surface area contributed by atoms with Gasteiger partial charge in [0.25, 0.3) is 5.91 Å². The fourth-order valence-electron chi connectivity index (χ4n) is 4.38. The van der Waals surface area contributed by atoms with Gasteiger partial charge in [-0.25, -0.2) is 9.18 Å². The van der Waals surface area contributed by atoms with E-state index in [2.05, 4.69) is 38.2 Å². The summed E-state index contributed by atoms with van der Waals surface area (Å²) in [4.78, 5) is 29.3. The van der Waals surface area contributed by atoms with Gasteiger partial charge in [0, 0.05) is 36.6 Å². The first-order chi connectivity index (χ1) is 15.8. The Morgan fingerprint density at radius 3 is 2.33 bits per heavy atom. The Morgan fingerprint density at radius 2 is 1.67 bits per heavy atom. The van der Waals surface area contributed by atoms with Crippen LogP contribution in [0.1, 0.15) is 39.0 Å². The summed E-state index contributed by atoms with van der Waals surface area (Å²) >= 11 is 0. The van der Waals surface area contributed by atoms with Gasteiger partial charge in [-0.05, 0) is 86.3 Å². The van der Waals surface area contributed by atoms with Gasteiger partial charge in [-0.2, -0.15) is 0 Å². The molecule has 0 bridgehead atoms. The molecule has 3 amide bonds. The number of anilines is 2. The molecule has 1 saturated heterocycles. The van der Waals surface area contributed by atoms with Crippen LogP contribution in [-0.2, 0) is 6.54 Å². The second kappa shape index (κ2) is 9.45. The average molecular weight is 446 g/mol. The maximum atomic E-state index is 13.4. The fraction of sp³-hybridized carbons (Fsp3) is 0.259. The summed E-state index contributed by atoms with van der Waals surface area (Å²) in [5.74, 6) is -0.839. The summed E-state index contributed by atoms with van der Waals surface area (Å²) in [5.41, 5.74) is 6.46. The van der Waals surface area contributed by atoms with Crippen molar-refractivity contribution in [3.63, 3.8) is 0 Å². The smallest absolute Gasteiger partial charge is 0.322 e. The van der Waals surface area contributed by atoms with Crippen LogP contribution < -0.4 is 10.2 Å². The van der Waals surface area contributed by atoms with E-state index in [4.69, 9.17) is 0 Å². The molecule has 0 aliphatic carbocycles. The number of hydrogen-bond donors (Lipinski definition) is 1. The van der Waals surface area contributed by atoms with Gasteiger partial charge in [0.1, 0.15) is 5.82 Å². The molecule has 170 valence electrons. The van der Waals surface area contributed by atoms with Crippen LogP contribution >= 0.6 is 0 Å². The molecule has 1 aliphatic heterocycles. The van der Waals surface area contributed by atoms with E-state index in [1.165, 1.54) is 40.5 Å². The molecule has 1 heterocycles. The minimum absolute atomic E-state index is 0.0165. The highest BCUT2D eigenvalue weighted by atomic mass is 19.1. The third-order valence-electron chi connectivity index (χ3n) is 6.02. The predicted octanol–water partition coefficient (Wildman–Crippen LogP) is 5.84. The molecule has 5 nitrogen and oxygen atoms in total. The molecule has 3 aromatic rings. The summed E-state index contributed by atoms with van der Waals surface area (Å²) in [6, 6.07) is 17.0. The Balaban J connectivity index is 1.45. The van der Waals surface area contributed by atoms with Crippen LogP contribution in [0.5, 0.6) is 0 Å². The van der Waals surface area contributed by atoms with Gasteiger partial charge in [-0.1, -0.05) is 23.8 Å². The number of amides is 3. The van der Waals surface area contributed by atoms with Gasteiger partial charge in [0.2, 0.25) is 0 Å². The quantitative estimate of drug-likeness (QED) is 0.537. The SMILES string of the molecule is Cc1cc(C)c(CN2CCCN(c3ccc(NC(=O)c4cccc(F)c4)cc3)C2=O)c(C)c1. The number of nitrogens with one attached hydrogen (secondary N) is 1. The maximum absolute atomic E-state index is 13.4. The van der Waals surface area contributed by atoms with Gasteiger partial charge in [-0.15, -0.1) is 0 Å². The van der Waals surface area contributed by atoms with Crippen molar-refractivity contribution in [3.8, 4) is 0 Å². The van der Waals surface area contributed by atoms with E-state index < -0.39 is 5.82 Å². The Kier molecular flexibility index (Phi) is 6.45. The zero-order valence-corrected chi connectivity index (χ0v) is 19.2. The number of hydrogen-bond acceptors (Lipinski definition) is 2. The Hall–Kier alpha value is -3.67. The van der Waals surface area contributed by atoms with Gasteiger partial charge in [-0.3, -0.25) is 9.69 Å². The van der Waals surface area contributed by atoms with E-state index in [0.717, 1.165) is 18.7 Å². The lowest BCUT2D eigenvalue weighted by Gasteiger charge is -2.36. The second-order valence-corrected chi connectivity index (χ2v) is 8.60. The number of urea groups is 1. The second-order valence-electron chi connectivity index (χ2n) is 8.60. The van der Waals surface area contributed by atoms with Crippen molar-refractivity contribution in [3.05, 3.63) is 94.3 Å². The number of rotatable bonds is 5. The highest BCUT2D eigenvalue weighted by molar-refractivity contribution is 6.04. The van der Waals surface area contributed by atoms with Gasteiger partial charge < -0.3 is 10.2 Å². The fourth-order valence-corrected chi connectivity index (χ4v) is 4.38. The van der Waals surface area contributed by atoms with E-state index in [-0.39, 0.29) is 17.5 Å². The first-order valence-electron chi connectivity index (χ1n) is 11.1. The van der Waals surface area contributed by atoms with Crippen molar-refractivity contribution in [2.75, 3.05) is 23.3 Å². The van der Waals surface area contributed by atoms with Crippen molar-refractivity contribution >= 4 is 23.3 Å². The molecule has 33 heavy (non-hydrogen) atoms. The largest absolute Gasteiger partial charge is 0.324 e. The minimum atomic E-state index is -0.456. The van der Waals surface area contributed by atoms with Crippen LogP contribution in [0, 0.1) is 26.6 Å². The summed E-state index contributed by atoms with van der Waals surface area (Å²) < 4.78 is 13.4. The van der Waals surface area contributed by atoms with Gasteiger partial charge >= 0.3 is 6.03 Å². The molecule has 0 saturated carbocycles. The first-order valence-corrected chi connectivity index (χ1v) is 11.1. The molecule has 0 atom stereocenters. The van der Waals surface area contributed by atoms with Crippen molar-refractivity contribution < 1.29 is 14.0 Å². The molecule has 0 aromatic heterocycles. The summed E-state index contributed by atoms with van der Waals surface area (Å²) in [6.07, 6.45) is 0.883. The minimum Gasteiger partial charge on any atom is -0.322 e. The molecule has 0 radical (unpaired) electrons. The van der Waals surface area contributed by atoms with E-state index in [0.29, 0.717) is 18.8 Å². The Labute approximate surface area is 193 Å². The molecule has 4 rings (SSSR count). The molecule has 3 aromatic carbocycles. The Morgan fingerprint density at radius 1 is 0.970 bits per heavy atom.